The van der Waals surface area contributed by atoms with E-state index in [2.05, 4.69) is 29.3 Å². The highest BCUT2D eigenvalue weighted by molar-refractivity contribution is 6.30. The SMILES string of the molecule is CCCCCCN1CCC(NCc2ccc(Cl)cc2)CC1. The number of hydrogen-bond acceptors (Lipinski definition) is 2. The normalized spacial score (nSPS) is 17.2. The zero-order valence-corrected chi connectivity index (χ0v) is 14.0. The van der Waals surface area contributed by atoms with Crippen molar-refractivity contribution in [2.75, 3.05) is 19.6 Å². The Hall–Kier alpha value is -0.570. The fraction of sp³-hybridized carbons (Fsp3) is 0.667. The van der Waals surface area contributed by atoms with Crippen molar-refractivity contribution < 1.29 is 0 Å². The third-order valence-electron chi connectivity index (χ3n) is 4.42. The van der Waals surface area contributed by atoms with Crippen molar-refractivity contribution in [3.63, 3.8) is 0 Å². The first-order valence-electron chi connectivity index (χ1n) is 8.48. The Morgan fingerprint density at radius 3 is 2.48 bits per heavy atom. The number of rotatable bonds is 8. The van der Waals surface area contributed by atoms with Crippen LogP contribution >= 0.6 is 11.6 Å². The van der Waals surface area contributed by atoms with Crippen LogP contribution in [-0.2, 0) is 6.54 Å². The fourth-order valence-electron chi connectivity index (χ4n) is 2.99. The number of halogens is 1. The van der Waals surface area contributed by atoms with Gasteiger partial charge in [0.15, 0.2) is 0 Å². The maximum Gasteiger partial charge on any atom is 0.0406 e. The van der Waals surface area contributed by atoms with Crippen LogP contribution in [-0.4, -0.2) is 30.6 Å². The van der Waals surface area contributed by atoms with E-state index in [1.54, 1.807) is 0 Å². The number of nitrogens with zero attached hydrogens (tertiary/aromatic N) is 1. The minimum atomic E-state index is 0.674. The summed E-state index contributed by atoms with van der Waals surface area (Å²) in [6.07, 6.45) is 8.04. The Bertz CT molecular complexity index is 383. The van der Waals surface area contributed by atoms with Crippen molar-refractivity contribution in [2.45, 2.75) is 58.0 Å². The second kappa shape index (κ2) is 9.45. The topological polar surface area (TPSA) is 15.3 Å². The monoisotopic (exact) mass is 308 g/mol. The number of hydrogen-bond donors (Lipinski definition) is 1. The number of benzene rings is 1. The Labute approximate surface area is 134 Å². The van der Waals surface area contributed by atoms with Crippen LogP contribution in [0.1, 0.15) is 51.0 Å². The van der Waals surface area contributed by atoms with Crippen molar-refractivity contribution in [2.24, 2.45) is 0 Å². The van der Waals surface area contributed by atoms with E-state index in [0.29, 0.717) is 6.04 Å². The molecule has 0 radical (unpaired) electrons. The van der Waals surface area contributed by atoms with Gasteiger partial charge in [-0.15, -0.1) is 0 Å². The zero-order valence-electron chi connectivity index (χ0n) is 13.3. The summed E-state index contributed by atoms with van der Waals surface area (Å²) in [5.41, 5.74) is 1.32. The highest BCUT2D eigenvalue weighted by Gasteiger charge is 2.18. The van der Waals surface area contributed by atoms with Crippen LogP contribution in [0.2, 0.25) is 5.02 Å². The van der Waals surface area contributed by atoms with Crippen LogP contribution in [0.5, 0.6) is 0 Å². The molecule has 1 fully saturated rings. The molecule has 1 N–H and O–H groups in total. The summed E-state index contributed by atoms with van der Waals surface area (Å²) < 4.78 is 0. The third-order valence-corrected chi connectivity index (χ3v) is 4.68. The van der Waals surface area contributed by atoms with Crippen molar-refractivity contribution in [3.05, 3.63) is 34.9 Å². The van der Waals surface area contributed by atoms with Crippen LogP contribution in [0.15, 0.2) is 24.3 Å². The molecule has 0 atom stereocenters. The lowest BCUT2D eigenvalue weighted by Gasteiger charge is -2.32. The number of unbranched alkanes of at least 4 members (excludes halogenated alkanes) is 3. The molecule has 118 valence electrons. The average Bonchev–Trinajstić information content (AvgIpc) is 2.52. The molecule has 0 unspecified atom stereocenters. The van der Waals surface area contributed by atoms with Gasteiger partial charge < -0.3 is 10.2 Å². The standard InChI is InChI=1S/C18H29ClN2/c1-2-3-4-5-12-21-13-10-18(11-14-21)20-15-16-6-8-17(19)9-7-16/h6-9,18,20H,2-5,10-15H2,1H3. The van der Waals surface area contributed by atoms with Gasteiger partial charge in [0, 0.05) is 17.6 Å². The molecule has 1 aliphatic rings. The van der Waals surface area contributed by atoms with E-state index in [-0.39, 0.29) is 0 Å². The zero-order chi connectivity index (χ0) is 14.9. The number of likely N-dealkylation sites (tertiary alicyclic amines) is 1. The third kappa shape index (κ3) is 6.37. The minimum Gasteiger partial charge on any atom is -0.310 e. The largest absolute Gasteiger partial charge is 0.310 e. The molecular formula is C18H29ClN2. The lowest BCUT2D eigenvalue weighted by Crippen LogP contribution is -2.42. The van der Waals surface area contributed by atoms with Crippen LogP contribution in [0, 0.1) is 0 Å². The molecule has 0 aliphatic carbocycles. The van der Waals surface area contributed by atoms with Crippen molar-refractivity contribution >= 4 is 11.6 Å². The highest BCUT2D eigenvalue weighted by atomic mass is 35.5. The molecule has 0 saturated carbocycles. The number of nitrogens with one attached hydrogen (secondary N) is 1. The van der Waals surface area contributed by atoms with E-state index in [1.165, 1.54) is 63.7 Å². The molecule has 0 amide bonds. The van der Waals surface area contributed by atoms with E-state index >= 15 is 0 Å². The maximum absolute atomic E-state index is 5.91. The van der Waals surface area contributed by atoms with Crippen molar-refractivity contribution in [1.82, 2.24) is 10.2 Å². The molecule has 1 aromatic carbocycles. The summed E-state index contributed by atoms with van der Waals surface area (Å²) in [5.74, 6) is 0. The lowest BCUT2D eigenvalue weighted by molar-refractivity contribution is 0.194. The molecule has 1 saturated heterocycles. The Morgan fingerprint density at radius 1 is 1.10 bits per heavy atom. The minimum absolute atomic E-state index is 0.674. The van der Waals surface area contributed by atoms with Gasteiger partial charge >= 0.3 is 0 Å². The molecular weight excluding hydrogens is 280 g/mol. The van der Waals surface area contributed by atoms with Gasteiger partial charge in [-0.25, -0.2) is 0 Å². The Morgan fingerprint density at radius 2 is 1.81 bits per heavy atom. The maximum atomic E-state index is 5.91. The van der Waals surface area contributed by atoms with E-state index < -0.39 is 0 Å². The van der Waals surface area contributed by atoms with E-state index in [9.17, 15) is 0 Å². The first-order valence-corrected chi connectivity index (χ1v) is 8.86. The molecule has 1 heterocycles. The molecule has 0 aromatic heterocycles. The van der Waals surface area contributed by atoms with Gasteiger partial charge in [0.2, 0.25) is 0 Å². The smallest absolute Gasteiger partial charge is 0.0406 e. The molecule has 3 heteroatoms. The predicted molar refractivity (Wildman–Crippen MR) is 91.9 cm³/mol. The molecule has 2 nitrogen and oxygen atoms in total. The van der Waals surface area contributed by atoms with Gasteiger partial charge in [0.05, 0.1) is 0 Å². The first kappa shape index (κ1) is 16.8. The Kier molecular flexibility index (Phi) is 7.56. The van der Waals surface area contributed by atoms with Crippen LogP contribution in [0.3, 0.4) is 0 Å². The van der Waals surface area contributed by atoms with Crippen LogP contribution in [0.25, 0.3) is 0 Å². The molecule has 1 aliphatic heterocycles. The summed E-state index contributed by atoms with van der Waals surface area (Å²) in [6.45, 7) is 7.04. The van der Waals surface area contributed by atoms with E-state index in [0.717, 1.165) is 11.6 Å². The van der Waals surface area contributed by atoms with Gasteiger partial charge in [0.25, 0.3) is 0 Å². The van der Waals surface area contributed by atoms with Gasteiger partial charge in [-0.3, -0.25) is 0 Å². The van der Waals surface area contributed by atoms with Gasteiger partial charge in [-0.05, 0) is 56.6 Å². The first-order chi connectivity index (χ1) is 10.3. The summed E-state index contributed by atoms with van der Waals surface area (Å²) in [5, 5.41) is 4.50. The fourth-order valence-corrected chi connectivity index (χ4v) is 3.11. The summed E-state index contributed by atoms with van der Waals surface area (Å²) in [6, 6.07) is 8.83. The summed E-state index contributed by atoms with van der Waals surface area (Å²) in [7, 11) is 0. The van der Waals surface area contributed by atoms with Gasteiger partial charge in [-0.1, -0.05) is 49.9 Å². The highest BCUT2D eigenvalue weighted by Crippen LogP contribution is 2.14. The second-order valence-electron chi connectivity index (χ2n) is 6.18. The van der Waals surface area contributed by atoms with Crippen LogP contribution in [0.4, 0.5) is 0 Å². The molecule has 21 heavy (non-hydrogen) atoms. The molecule has 2 rings (SSSR count). The van der Waals surface area contributed by atoms with Gasteiger partial charge in [0.1, 0.15) is 0 Å². The van der Waals surface area contributed by atoms with Crippen molar-refractivity contribution in [3.8, 4) is 0 Å². The average molecular weight is 309 g/mol. The quantitative estimate of drug-likeness (QED) is 0.713. The molecule has 0 spiro atoms. The van der Waals surface area contributed by atoms with Gasteiger partial charge in [-0.2, -0.15) is 0 Å². The predicted octanol–water partition coefficient (Wildman–Crippen LogP) is 4.47. The molecule has 1 aromatic rings. The second-order valence-corrected chi connectivity index (χ2v) is 6.62. The lowest BCUT2D eigenvalue weighted by atomic mass is 10.0. The van der Waals surface area contributed by atoms with Crippen molar-refractivity contribution in [1.29, 1.82) is 0 Å². The van der Waals surface area contributed by atoms with Crippen LogP contribution < -0.4 is 5.32 Å². The van der Waals surface area contributed by atoms with E-state index in [1.807, 2.05) is 12.1 Å². The molecule has 0 bridgehead atoms. The summed E-state index contributed by atoms with van der Waals surface area (Å²) in [4.78, 5) is 2.64. The van der Waals surface area contributed by atoms with E-state index in [4.69, 9.17) is 11.6 Å². The Balaban J connectivity index is 1.59. The summed E-state index contributed by atoms with van der Waals surface area (Å²) >= 11 is 5.91. The number of piperidine rings is 1.